The number of nitrogens with zero attached hydrogens (tertiary/aromatic N) is 3. The molecular weight excluding hydrogens is 356 g/mol. The number of rotatable bonds is 4. The van der Waals surface area contributed by atoms with Crippen LogP contribution in [0.25, 0.3) is 0 Å². The van der Waals surface area contributed by atoms with E-state index in [1.165, 1.54) is 6.42 Å². The van der Waals surface area contributed by atoms with Crippen molar-refractivity contribution < 1.29 is 9.21 Å². The van der Waals surface area contributed by atoms with Crippen LogP contribution in [0.15, 0.2) is 33.8 Å². The van der Waals surface area contributed by atoms with Crippen LogP contribution in [0.2, 0.25) is 0 Å². The number of hydrogen-bond donors (Lipinski definition) is 1. The summed E-state index contributed by atoms with van der Waals surface area (Å²) in [5.41, 5.74) is -0.216. The molecule has 0 unspecified atom stereocenters. The molecule has 1 N–H and O–H groups in total. The molecule has 2 fully saturated rings. The number of likely N-dealkylation sites (tertiary alicyclic amines) is 1. The molecule has 148 valence electrons. The van der Waals surface area contributed by atoms with Gasteiger partial charge in [0.15, 0.2) is 0 Å². The molecule has 0 bridgehead atoms. The molecule has 1 aliphatic carbocycles. The van der Waals surface area contributed by atoms with Crippen molar-refractivity contribution in [3.8, 4) is 0 Å². The molecule has 4 heterocycles. The van der Waals surface area contributed by atoms with Gasteiger partial charge in [-0.2, -0.15) is 4.98 Å². The van der Waals surface area contributed by atoms with Gasteiger partial charge in [-0.05, 0) is 25.0 Å². The molecule has 3 aliphatic rings. The quantitative estimate of drug-likeness (QED) is 0.876. The van der Waals surface area contributed by atoms with Gasteiger partial charge in [-0.3, -0.25) is 14.5 Å². The summed E-state index contributed by atoms with van der Waals surface area (Å²) in [5, 5.41) is 3.04. The summed E-state index contributed by atoms with van der Waals surface area (Å²) in [6, 6.07) is 4.08. The van der Waals surface area contributed by atoms with E-state index in [1.807, 2.05) is 16.7 Å². The number of furan rings is 1. The molecule has 1 saturated heterocycles. The van der Waals surface area contributed by atoms with Crippen LogP contribution in [-0.4, -0.2) is 39.5 Å². The van der Waals surface area contributed by atoms with Gasteiger partial charge in [-0.1, -0.05) is 19.3 Å². The van der Waals surface area contributed by atoms with E-state index in [0.29, 0.717) is 5.92 Å². The van der Waals surface area contributed by atoms with Crippen LogP contribution in [0, 0.1) is 5.92 Å². The molecule has 0 aromatic carbocycles. The molecule has 2 aromatic heterocycles. The van der Waals surface area contributed by atoms with E-state index >= 15 is 0 Å². The molecule has 2 aliphatic heterocycles. The lowest BCUT2D eigenvalue weighted by atomic mass is 9.95. The minimum atomic E-state index is -0.398. The van der Waals surface area contributed by atoms with Crippen molar-refractivity contribution in [1.29, 1.82) is 0 Å². The molecule has 0 spiro atoms. The van der Waals surface area contributed by atoms with Gasteiger partial charge in [0.1, 0.15) is 17.1 Å². The van der Waals surface area contributed by atoms with Crippen LogP contribution < -0.4 is 10.9 Å². The third-order valence-electron chi connectivity index (χ3n) is 6.45. The Kier molecular flexibility index (Phi) is 4.55. The van der Waals surface area contributed by atoms with Gasteiger partial charge in [0.2, 0.25) is 0 Å². The molecule has 0 radical (unpaired) electrons. The Labute approximate surface area is 163 Å². The molecule has 7 heteroatoms. The van der Waals surface area contributed by atoms with Gasteiger partial charge < -0.3 is 14.3 Å². The summed E-state index contributed by atoms with van der Waals surface area (Å²) in [5.74, 6) is 2.19. The van der Waals surface area contributed by atoms with Gasteiger partial charge in [0, 0.05) is 43.7 Å². The highest BCUT2D eigenvalue weighted by Gasteiger charge is 2.41. The predicted octanol–water partition coefficient (Wildman–Crippen LogP) is 2.13. The van der Waals surface area contributed by atoms with E-state index < -0.39 is 5.56 Å². The minimum Gasteiger partial charge on any atom is -0.468 e. The number of aromatic nitrogens is 2. The fourth-order valence-electron chi connectivity index (χ4n) is 5.06. The average molecular weight is 382 g/mol. The van der Waals surface area contributed by atoms with Crippen molar-refractivity contribution >= 4 is 5.91 Å². The van der Waals surface area contributed by atoms with Gasteiger partial charge in [0.05, 0.1) is 12.8 Å². The van der Waals surface area contributed by atoms with Crippen LogP contribution >= 0.6 is 0 Å². The second-order valence-corrected chi connectivity index (χ2v) is 8.42. The third kappa shape index (κ3) is 3.28. The Morgan fingerprint density at radius 3 is 2.86 bits per heavy atom. The predicted molar refractivity (Wildman–Crippen MR) is 103 cm³/mol. The summed E-state index contributed by atoms with van der Waals surface area (Å²) < 4.78 is 7.48. The summed E-state index contributed by atoms with van der Waals surface area (Å²) in [4.78, 5) is 31.9. The standard InChI is InChI=1S/C21H26N4O3/c26-20(22-15-5-2-1-3-6-15)18-13-25-10-14-9-24(11-16-7-4-8-28-16)12-17(14)19(25)23-21(18)27/h4,7-8,13-15,17H,1-3,5-6,9-12H2,(H,22,26)/t14-,17+/m1/s1. The average Bonchev–Trinajstić information content (AvgIpc) is 3.39. The van der Waals surface area contributed by atoms with E-state index in [4.69, 9.17) is 4.42 Å². The Bertz CT molecular complexity index is 914. The van der Waals surface area contributed by atoms with Crippen LogP contribution in [0.3, 0.4) is 0 Å². The van der Waals surface area contributed by atoms with Crippen LogP contribution in [0.4, 0.5) is 0 Å². The zero-order valence-corrected chi connectivity index (χ0v) is 16.0. The van der Waals surface area contributed by atoms with Gasteiger partial charge in [-0.25, -0.2) is 0 Å². The Hall–Kier alpha value is -2.41. The van der Waals surface area contributed by atoms with Crippen LogP contribution in [0.1, 0.15) is 60.0 Å². The van der Waals surface area contributed by atoms with Gasteiger partial charge >= 0.3 is 0 Å². The molecule has 2 atom stereocenters. The van der Waals surface area contributed by atoms with Crippen molar-refractivity contribution in [2.45, 2.75) is 57.2 Å². The van der Waals surface area contributed by atoms with Gasteiger partial charge in [-0.15, -0.1) is 0 Å². The maximum Gasteiger partial charge on any atom is 0.285 e. The zero-order chi connectivity index (χ0) is 19.1. The topological polar surface area (TPSA) is 80.4 Å². The minimum absolute atomic E-state index is 0.182. The van der Waals surface area contributed by atoms with Gasteiger partial charge in [0.25, 0.3) is 11.5 Å². The Balaban J connectivity index is 1.30. The third-order valence-corrected chi connectivity index (χ3v) is 6.45. The lowest BCUT2D eigenvalue weighted by molar-refractivity contribution is 0.0925. The number of carbonyl (C=O) groups excluding carboxylic acids is 1. The summed E-state index contributed by atoms with van der Waals surface area (Å²) in [6.07, 6.45) is 8.95. The van der Waals surface area contributed by atoms with Crippen molar-refractivity contribution in [3.05, 3.63) is 52.1 Å². The monoisotopic (exact) mass is 382 g/mol. The van der Waals surface area contributed by atoms with Crippen LogP contribution in [-0.2, 0) is 13.1 Å². The van der Waals surface area contributed by atoms with E-state index in [1.54, 1.807) is 12.5 Å². The molecular formula is C21H26N4O3. The SMILES string of the molecule is O=C(NC1CCCCC1)c1cn2c(nc1=O)[C@H]1CN(Cc3ccco3)C[C@@H]1C2. The second kappa shape index (κ2) is 7.20. The number of amides is 1. The van der Waals surface area contributed by atoms with Crippen molar-refractivity contribution in [1.82, 2.24) is 19.8 Å². The van der Waals surface area contributed by atoms with E-state index in [2.05, 4.69) is 15.2 Å². The maximum atomic E-state index is 12.6. The first-order valence-electron chi connectivity index (χ1n) is 10.3. The molecule has 28 heavy (non-hydrogen) atoms. The molecule has 7 nitrogen and oxygen atoms in total. The number of nitrogens with one attached hydrogen (secondary N) is 1. The number of fused-ring (bicyclic) bond motifs is 3. The first-order chi connectivity index (χ1) is 13.7. The highest BCUT2D eigenvalue weighted by atomic mass is 16.3. The number of carbonyl (C=O) groups is 1. The maximum absolute atomic E-state index is 12.6. The first kappa shape index (κ1) is 17.7. The van der Waals surface area contributed by atoms with Crippen molar-refractivity contribution in [2.24, 2.45) is 5.92 Å². The lowest BCUT2D eigenvalue weighted by Crippen LogP contribution is -2.39. The zero-order valence-electron chi connectivity index (χ0n) is 16.0. The van der Waals surface area contributed by atoms with E-state index in [0.717, 1.165) is 63.4 Å². The molecule has 2 aromatic rings. The van der Waals surface area contributed by atoms with E-state index in [-0.39, 0.29) is 23.4 Å². The lowest BCUT2D eigenvalue weighted by Gasteiger charge is -2.22. The van der Waals surface area contributed by atoms with E-state index in [9.17, 15) is 9.59 Å². The fourth-order valence-corrected chi connectivity index (χ4v) is 5.06. The largest absolute Gasteiger partial charge is 0.468 e. The molecule has 5 rings (SSSR count). The number of hydrogen-bond acceptors (Lipinski definition) is 5. The molecule has 1 saturated carbocycles. The highest BCUT2D eigenvalue weighted by molar-refractivity contribution is 5.93. The van der Waals surface area contributed by atoms with Crippen LogP contribution in [0.5, 0.6) is 0 Å². The Morgan fingerprint density at radius 1 is 1.21 bits per heavy atom. The smallest absolute Gasteiger partial charge is 0.285 e. The summed E-state index contributed by atoms with van der Waals surface area (Å²) >= 11 is 0. The normalized spacial score (nSPS) is 24.9. The molecule has 1 amide bonds. The first-order valence-corrected chi connectivity index (χ1v) is 10.3. The second-order valence-electron chi connectivity index (χ2n) is 8.42. The Morgan fingerprint density at radius 2 is 2.07 bits per heavy atom. The van der Waals surface area contributed by atoms with Crippen molar-refractivity contribution in [2.75, 3.05) is 13.1 Å². The summed E-state index contributed by atoms with van der Waals surface area (Å²) in [7, 11) is 0. The fraction of sp³-hybridized carbons (Fsp3) is 0.571. The van der Waals surface area contributed by atoms with Crippen molar-refractivity contribution in [3.63, 3.8) is 0 Å². The highest BCUT2D eigenvalue weighted by Crippen LogP contribution is 2.38. The summed E-state index contributed by atoms with van der Waals surface area (Å²) in [6.45, 7) is 3.41.